The Labute approximate surface area is 99.0 Å². The highest BCUT2D eigenvalue weighted by molar-refractivity contribution is 6.32. The fourth-order valence-electron chi connectivity index (χ4n) is 0.832. The molecule has 1 aromatic rings. The van der Waals surface area contributed by atoms with Gasteiger partial charge >= 0.3 is 6.18 Å². The van der Waals surface area contributed by atoms with E-state index < -0.39 is 25.3 Å². The summed E-state index contributed by atoms with van der Waals surface area (Å²) in [5.74, 6) is -0.827. The Kier molecular flexibility index (Phi) is 4.64. The van der Waals surface area contributed by atoms with Crippen LogP contribution in [0.25, 0.3) is 0 Å². The van der Waals surface area contributed by atoms with Crippen LogP contribution in [-0.2, 0) is 9.53 Å². The predicted molar refractivity (Wildman–Crippen MR) is 52.5 cm³/mol. The van der Waals surface area contributed by atoms with E-state index in [1.165, 1.54) is 12.4 Å². The van der Waals surface area contributed by atoms with E-state index in [4.69, 9.17) is 11.6 Å². The van der Waals surface area contributed by atoms with Crippen molar-refractivity contribution < 1.29 is 22.7 Å². The third kappa shape index (κ3) is 5.45. The Hall–Kier alpha value is -1.41. The van der Waals surface area contributed by atoms with Crippen molar-refractivity contribution in [3.8, 4) is 0 Å². The molecule has 0 aliphatic carbocycles. The average molecular weight is 270 g/mol. The molecule has 0 saturated heterocycles. The number of anilines is 1. The van der Waals surface area contributed by atoms with Crippen molar-refractivity contribution in [1.29, 1.82) is 0 Å². The third-order valence-corrected chi connectivity index (χ3v) is 1.69. The van der Waals surface area contributed by atoms with Crippen LogP contribution >= 0.6 is 11.6 Å². The molecule has 0 radical (unpaired) electrons. The molecule has 1 N–H and O–H groups in total. The topological polar surface area (TPSA) is 64.1 Å². The number of halogens is 4. The van der Waals surface area contributed by atoms with E-state index >= 15 is 0 Å². The highest BCUT2D eigenvalue weighted by Gasteiger charge is 2.27. The monoisotopic (exact) mass is 269 g/mol. The van der Waals surface area contributed by atoms with Crippen LogP contribution in [0.15, 0.2) is 12.4 Å². The van der Waals surface area contributed by atoms with Crippen LogP contribution in [0, 0.1) is 0 Å². The summed E-state index contributed by atoms with van der Waals surface area (Å²) >= 11 is 5.57. The summed E-state index contributed by atoms with van der Waals surface area (Å²) in [6, 6.07) is 0. The van der Waals surface area contributed by atoms with Gasteiger partial charge in [0.25, 0.3) is 5.91 Å². The molecule has 1 rings (SSSR count). The molecule has 1 heterocycles. The van der Waals surface area contributed by atoms with Gasteiger partial charge in [0, 0.05) is 12.4 Å². The number of hydrogen-bond acceptors (Lipinski definition) is 4. The third-order valence-electron chi connectivity index (χ3n) is 1.41. The standard InChI is InChI=1S/C8H7ClF3N3O2/c9-6-7(14-2-1-13-6)15-5(16)3-17-4-8(10,11)12/h1-2H,3-4H2,(H,14,15,16). The zero-order valence-corrected chi connectivity index (χ0v) is 9.05. The molecule has 9 heteroatoms. The van der Waals surface area contributed by atoms with Gasteiger partial charge in [-0.2, -0.15) is 13.2 Å². The van der Waals surface area contributed by atoms with Gasteiger partial charge in [0.05, 0.1) is 0 Å². The number of nitrogens with zero attached hydrogens (tertiary/aromatic N) is 2. The lowest BCUT2D eigenvalue weighted by molar-refractivity contribution is -0.174. The second-order valence-corrected chi connectivity index (χ2v) is 3.21. The Balaban J connectivity index is 2.38. The first-order chi connectivity index (χ1) is 7.88. The highest BCUT2D eigenvalue weighted by atomic mass is 35.5. The summed E-state index contributed by atoms with van der Waals surface area (Å²) in [4.78, 5) is 18.4. The van der Waals surface area contributed by atoms with E-state index in [-0.39, 0.29) is 11.0 Å². The zero-order chi connectivity index (χ0) is 12.9. The van der Waals surface area contributed by atoms with Crippen LogP contribution in [0.4, 0.5) is 19.0 Å². The number of amides is 1. The lowest BCUT2D eigenvalue weighted by Gasteiger charge is -2.08. The molecule has 0 saturated carbocycles. The first kappa shape index (κ1) is 13.7. The van der Waals surface area contributed by atoms with E-state index in [1.54, 1.807) is 0 Å². The molecular formula is C8H7ClF3N3O2. The maximum absolute atomic E-state index is 11.7. The molecule has 0 aliphatic rings. The highest BCUT2D eigenvalue weighted by Crippen LogP contribution is 2.15. The fourth-order valence-corrected chi connectivity index (χ4v) is 0.985. The minimum atomic E-state index is -4.47. The molecule has 0 bridgehead atoms. The van der Waals surface area contributed by atoms with E-state index in [2.05, 4.69) is 20.0 Å². The van der Waals surface area contributed by atoms with Crippen LogP contribution in [0.3, 0.4) is 0 Å². The van der Waals surface area contributed by atoms with Gasteiger partial charge in [-0.3, -0.25) is 4.79 Å². The Morgan fingerprint density at radius 3 is 2.65 bits per heavy atom. The summed E-state index contributed by atoms with van der Waals surface area (Å²) < 4.78 is 39.2. The van der Waals surface area contributed by atoms with Gasteiger partial charge in [0.15, 0.2) is 11.0 Å². The van der Waals surface area contributed by atoms with Gasteiger partial charge < -0.3 is 10.1 Å². The number of rotatable bonds is 4. The van der Waals surface area contributed by atoms with Crippen LogP contribution in [0.5, 0.6) is 0 Å². The molecule has 0 spiro atoms. The molecule has 0 unspecified atom stereocenters. The van der Waals surface area contributed by atoms with Crippen molar-refractivity contribution >= 4 is 23.3 Å². The maximum Gasteiger partial charge on any atom is 0.411 e. The van der Waals surface area contributed by atoms with Crippen molar-refractivity contribution in [2.45, 2.75) is 6.18 Å². The van der Waals surface area contributed by atoms with Crippen LogP contribution in [-0.4, -0.2) is 35.3 Å². The fraction of sp³-hybridized carbons (Fsp3) is 0.375. The lowest BCUT2D eigenvalue weighted by Crippen LogP contribution is -2.24. The van der Waals surface area contributed by atoms with E-state index in [1.807, 2.05) is 0 Å². The first-order valence-corrected chi connectivity index (χ1v) is 4.67. The summed E-state index contributed by atoms with van der Waals surface area (Å²) in [5.41, 5.74) is 0. The van der Waals surface area contributed by atoms with Gasteiger partial charge in [-0.05, 0) is 0 Å². The normalized spacial score (nSPS) is 11.3. The number of hydrogen-bond donors (Lipinski definition) is 1. The number of nitrogens with one attached hydrogen (secondary N) is 1. The molecular weight excluding hydrogens is 263 g/mol. The number of carbonyl (C=O) groups excluding carboxylic acids is 1. The van der Waals surface area contributed by atoms with Gasteiger partial charge in [-0.1, -0.05) is 11.6 Å². The quantitative estimate of drug-likeness (QED) is 0.903. The molecule has 0 aliphatic heterocycles. The minimum Gasteiger partial charge on any atom is -0.362 e. The molecule has 1 amide bonds. The number of alkyl halides is 3. The van der Waals surface area contributed by atoms with E-state index in [0.29, 0.717) is 0 Å². The predicted octanol–water partition coefficient (Wildman–Crippen LogP) is 1.65. The molecule has 1 aromatic heterocycles. The number of aromatic nitrogens is 2. The van der Waals surface area contributed by atoms with Crippen LogP contribution in [0.2, 0.25) is 5.15 Å². The van der Waals surface area contributed by atoms with Gasteiger partial charge in [-0.15, -0.1) is 0 Å². The van der Waals surface area contributed by atoms with E-state index in [0.717, 1.165) is 0 Å². The summed E-state index contributed by atoms with van der Waals surface area (Å²) in [5, 5.41) is 2.10. The second-order valence-electron chi connectivity index (χ2n) is 2.85. The number of carbonyl (C=O) groups is 1. The zero-order valence-electron chi connectivity index (χ0n) is 8.29. The lowest BCUT2D eigenvalue weighted by atomic mass is 10.5. The Morgan fingerprint density at radius 1 is 1.41 bits per heavy atom. The van der Waals surface area contributed by atoms with Crippen molar-refractivity contribution in [3.63, 3.8) is 0 Å². The molecule has 0 fully saturated rings. The van der Waals surface area contributed by atoms with Crippen molar-refractivity contribution in [2.75, 3.05) is 18.5 Å². The summed E-state index contributed by atoms with van der Waals surface area (Å²) in [6.45, 7) is -2.24. The number of ether oxygens (including phenoxy) is 1. The second kappa shape index (κ2) is 5.78. The Bertz CT molecular complexity index is 400. The van der Waals surface area contributed by atoms with Crippen LogP contribution in [0.1, 0.15) is 0 Å². The molecule has 0 aromatic carbocycles. The van der Waals surface area contributed by atoms with Gasteiger partial charge in [-0.25, -0.2) is 9.97 Å². The average Bonchev–Trinajstić information content (AvgIpc) is 2.19. The first-order valence-electron chi connectivity index (χ1n) is 4.29. The minimum absolute atomic E-state index is 0.0326. The molecule has 17 heavy (non-hydrogen) atoms. The summed E-state index contributed by atoms with van der Waals surface area (Å²) in [6.07, 6.45) is -1.89. The molecule has 94 valence electrons. The van der Waals surface area contributed by atoms with Crippen molar-refractivity contribution in [3.05, 3.63) is 17.5 Å². The smallest absolute Gasteiger partial charge is 0.362 e. The largest absolute Gasteiger partial charge is 0.411 e. The van der Waals surface area contributed by atoms with Crippen LogP contribution < -0.4 is 5.32 Å². The van der Waals surface area contributed by atoms with Gasteiger partial charge in [0.1, 0.15) is 13.2 Å². The molecule has 5 nitrogen and oxygen atoms in total. The van der Waals surface area contributed by atoms with Crippen molar-refractivity contribution in [1.82, 2.24) is 9.97 Å². The molecule has 0 atom stereocenters. The Morgan fingerprint density at radius 2 is 2.06 bits per heavy atom. The van der Waals surface area contributed by atoms with Crippen molar-refractivity contribution in [2.24, 2.45) is 0 Å². The maximum atomic E-state index is 11.7. The summed E-state index contributed by atoms with van der Waals surface area (Å²) in [7, 11) is 0. The van der Waals surface area contributed by atoms with Gasteiger partial charge in [0.2, 0.25) is 0 Å². The van der Waals surface area contributed by atoms with E-state index in [9.17, 15) is 18.0 Å². The SMILES string of the molecule is O=C(COCC(F)(F)F)Nc1nccnc1Cl.